The van der Waals surface area contributed by atoms with Crippen LogP contribution in [-0.4, -0.2) is 4.92 Å². The Hall–Kier alpha value is -0.860. The van der Waals surface area contributed by atoms with Gasteiger partial charge in [-0.1, -0.05) is 13.3 Å². The highest BCUT2D eigenvalue weighted by atomic mass is 16.6. The predicted octanol–water partition coefficient (Wildman–Crippen LogP) is 1.97. The van der Waals surface area contributed by atoms with Crippen molar-refractivity contribution in [3.05, 3.63) is 22.4 Å². The van der Waals surface area contributed by atoms with Gasteiger partial charge in [0.15, 0.2) is 0 Å². The predicted molar refractivity (Wildman–Crippen MR) is 35.7 cm³/mol. The van der Waals surface area contributed by atoms with Crippen molar-refractivity contribution < 1.29 is 4.92 Å². The van der Waals surface area contributed by atoms with Crippen LogP contribution in [0.25, 0.3) is 0 Å². The van der Waals surface area contributed by atoms with Crippen LogP contribution >= 0.6 is 0 Å². The Morgan fingerprint density at radius 1 is 1.78 bits per heavy atom. The third-order valence-electron chi connectivity index (χ3n) is 1.08. The van der Waals surface area contributed by atoms with Crippen molar-refractivity contribution in [2.75, 3.05) is 0 Å². The number of allylic oxidation sites excluding steroid dienone is 1. The standard InChI is InChI=1S/C6H11NO2/c1-3-4-5-6(2)7(8)9/h2-5H2,1H3. The Kier molecular flexibility index (Phi) is 3.67. The number of nitrogens with zero attached hydrogens (tertiary/aromatic N) is 1. The first-order valence-corrected chi connectivity index (χ1v) is 3.00. The zero-order valence-corrected chi connectivity index (χ0v) is 5.59. The maximum atomic E-state index is 9.91. The van der Waals surface area contributed by atoms with E-state index in [0.717, 1.165) is 12.8 Å². The van der Waals surface area contributed by atoms with Gasteiger partial charge < -0.3 is 0 Å². The van der Waals surface area contributed by atoms with Crippen LogP contribution in [0.5, 0.6) is 0 Å². The van der Waals surface area contributed by atoms with Crippen LogP contribution < -0.4 is 0 Å². The van der Waals surface area contributed by atoms with Gasteiger partial charge in [-0.25, -0.2) is 0 Å². The molecule has 9 heavy (non-hydrogen) atoms. The fraction of sp³-hybridized carbons (Fsp3) is 0.667. The van der Waals surface area contributed by atoms with Crippen LogP contribution in [0.2, 0.25) is 0 Å². The molecular formula is C6H11NO2. The van der Waals surface area contributed by atoms with E-state index in [1.165, 1.54) is 0 Å². The lowest BCUT2D eigenvalue weighted by Crippen LogP contribution is -1.95. The second-order valence-corrected chi connectivity index (χ2v) is 1.93. The summed E-state index contributed by atoms with van der Waals surface area (Å²) in [6, 6.07) is 0. The lowest BCUT2D eigenvalue weighted by atomic mass is 10.2. The minimum absolute atomic E-state index is 0.122. The Morgan fingerprint density at radius 2 is 2.33 bits per heavy atom. The molecule has 0 aliphatic heterocycles. The summed E-state index contributed by atoms with van der Waals surface area (Å²) in [6.07, 6.45) is 2.36. The quantitative estimate of drug-likeness (QED) is 0.430. The summed E-state index contributed by atoms with van der Waals surface area (Å²) in [7, 11) is 0. The van der Waals surface area contributed by atoms with Crippen molar-refractivity contribution in [1.82, 2.24) is 0 Å². The summed E-state index contributed by atoms with van der Waals surface area (Å²) >= 11 is 0. The molecule has 0 saturated heterocycles. The first-order chi connectivity index (χ1) is 4.18. The second-order valence-electron chi connectivity index (χ2n) is 1.93. The van der Waals surface area contributed by atoms with Crippen LogP contribution in [0.3, 0.4) is 0 Å². The average Bonchev–Trinajstić information content (AvgIpc) is 1.82. The lowest BCUT2D eigenvalue weighted by Gasteiger charge is -1.91. The first-order valence-electron chi connectivity index (χ1n) is 3.00. The molecule has 0 aliphatic carbocycles. The average molecular weight is 129 g/mol. The zero-order valence-electron chi connectivity index (χ0n) is 5.59. The highest BCUT2D eigenvalue weighted by molar-refractivity contribution is 4.79. The minimum Gasteiger partial charge on any atom is -0.259 e. The topological polar surface area (TPSA) is 43.1 Å². The van der Waals surface area contributed by atoms with Gasteiger partial charge in [-0.05, 0) is 13.0 Å². The highest BCUT2D eigenvalue weighted by Crippen LogP contribution is 2.03. The van der Waals surface area contributed by atoms with Crippen molar-refractivity contribution in [2.24, 2.45) is 0 Å². The van der Waals surface area contributed by atoms with Crippen LogP contribution in [-0.2, 0) is 0 Å². The molecular weight excluding hydrogens is 118 g/mol. The van der Waals surface area contributed by atoms with Crippen molar-refractivity contribution >= 4 is 0 Å². The summed E-state index contributed by atoms with van der Waals surface area (Å²) in [5.74, 6) is 0. The van der Waals surface area contributed by atoms with E-state index in [1.807, 2.05) is 6.92 Å². The van der Waals surface area contributed by atoms with Crippen molar-refractivity contribution in [3.8, 4) is 0 Å². The summed E-state index contributed by atoms with van der Waals surface area (Å²) in [6.45, 7) is 5.29. The van der Waals surface area contributed by atoms with Gasteiger partial charge in [-0.2, -0.15) is 0 Å². The molecule has 0 spiro atoms. The summed E-state index contributed by atoms with van der Waals surface area (Å²) in [5.41, 5.74) is 0.122. The molecule has 0 N–H and O–H groups in total. The number of hydrogen-bond donors (Lipinski definition) is 0. The SMILES string of the molecule is C=C(CCCC)[N+](=O)[O-]. The smallest absolute Gasteiger partial charge is 0.239 e. The van der Waals surface area contributed by atoms with Gasteiger partial charge >= 0.3 is 0 Å². The van der Waals surface area contributed by atoms with Gasteiger partial charge in [0.05, 0.1) is 4.92 Å². The molecule has 0 atom stereocenters. The Balaban J connectivity index is 3.39. The molecule has 3 nitrogen and oxygen atoms in total. The fourth-order valence-corrected chi connectivity index (χ4v) is 0.472. The van der Waals surface area contributed by atoms with Crippen LogP contribution in [0, 0.1) is 10.1 Å². The molecule has 0 rings (SSSR count). The van der Waals surface area contributed by atoms with Gasteiger partial charge in [-0.15, -0.1) is 0 Å². The van der Waals surface area contributed by atoms with E-state index in [-0.39, 0.29) is 5.70 Å². The van der Waals surface area contributed by atoms with Gasteiger partial charge in [0.1, 0.15) is 0 Å². The molecule has 3 heteroatoms. The third-order valence-corrected chi connectivity index (χ3v) is 1.08. The van der Waals surface area contributed by atoms with Crippen molar-refractivity contribution in [2.45, 2.75) is 26.2 Å². The normalized spacial score (nSPS) is 9.00. The van der Waals surface area contributed by atoms with Crippen LogP contribution in [0.4, 0.5) is 0 Å². The van der Waals surface area contributed by atoms with Crippen LogP contribution in [0.15, 0.2) is 12.3 Å². The lowest BCUT2D eigenvalue weighted by molar-refractivity contribution is -0.427. The molecule has 0 heterocycles. The van der Waals surface area contributed by atoms with Gasteiger partial charge in [-0.3, -0.25) is 10.1 Å². The fourth-order valence-electron chi connectivity index (χ4n) is 0.472. The van der Waals surface area contributed by atoms with Gasteiger partial charge in [0.25, 0.3) is 0 Å². The molecule has 0 aromatic carbocycles. The first kappa shape index (κ1) is 8.14. The zero-order chi connectivity index (χ0) is 7.28. The molecule has 0 amide bonds. The number of nitro groups is 1. The number of unbranched alkanes of at least 4 members (excludes halogenated alkanes) is 1. The maximum absolute atomic E-state index is 9.91. The molecule has 0 radical (unpaired) electrons. The van der Waals surface area contributed by atoms with E-state index < -0.39 is 4.92 Å². The van der Waals surface area contributed by atoms with E-state index in [9.17, 15) is 10.1 Å². The van der Waals surface area contributed by atoms with E-state index in [1.54, 1.807) is 0 Å². The molecule has 0 unspecified atom stereocenters. The second kappa shape index (κ2) is 4.06. The summed E-state index contributed by atoms with van der Waals surface area (Å²) in [5, 5.41) is 9.91. The molecule has 0 bridgehead atoms. The molecule has 0 fully saturated rings. The molecule has 0 aromatic rings. The molecule has 0 saturated carbocycles. The van der Waals surface area contributed by atoms with E-state index in [4.69, 9.17) is 0 Å². The van der Waals surface area contributed by atoms with Crippen molar-refractivity contribution in [3.63, 3.8) is 0 Å². The summed E-state index contributed by atoms with van der Waals surface area (Å²) < 4.78 is 0. The monoisotopic (exact) mass is 129 g/mol. The molecule has 0 aliphatic rings. The van der Waals surface area contributed by atoms with Crippen LogP contribution in [0.1, 0.15) is 26.2 Å². The highest BCUT2D eigenvalue weighted by Gasteiger charge is 2.03. The van der Waals surface area contributed by atoms with Crippen molar-refractivity contribution in [1.29, 1.82) is 0 Å². The van der Waals surface area contributed by atoms with Gasteiger partial charge in [0.2, 0.25) is 5.70 Å². The Morgan fingerprint density at radius 3 is 2.67 bits per heavy atom. The maximum Gasteiger partial charge on any atom is 0.239 e. The van der Waals surface area contributed by atoms with E-state index in [2.05, 4.69) is 6.58 Å². The summed E-state index contributed by atoms with van der Waals surface area (Å²) in [4.78, 5) is 9.49. The Bertz CT molecular complexity index is 120. The van der Waals surface area contributed by atoms with Gasteiger partial charge in [0, 0.05) is 6.42 Å². The van der Waals surface area contributed by atoms with E-state index >= 15 is 0 Å². The van der Waals surface area contributed by atoms with E-state index in [0.29, 0.717) is 6.42 Å². The third kappa shape index (κ3) is 3.70. The largest absolute Gasteiger partial charge is 0.259 e. The number of rotatable bonds is 4. The number of hydrogen-bond acceptors (Lipinski definition) is 2. The molecule has 52 valence electrons. The minimum atomic E-state index is -0.421. The Labute approximate surface area is 54.5 Å². The molecule has 0 aromatic heterocycles.